The van der Waals surface area contributed by atoms with Gasteiger partial charge in [0.1, 0.15) is 6.17 Å². The van der Waals surface area contributed by atoms with E-state index in [1.807, 2.05) is 24.3 Å². The molecule has 3 aliphatic heterocycles. The lowest BCUT2D eigenvalue weighted by atomic mass is 9.97. The van der Waals surface area contributed by atoms with Gasteiger partial charge in [-0.05, 0) is 48.4 Å². The topological polar surface area (TPSA) is 74.6 Å². The van der Waals surface area contributed by atoms with Crippen molar-refractivity contribution in [2.24, 2.45) is 5.92 Å². The summed E-state index contributed by atoms with van der Waals surface area (Å²) >= 11 is 1.57. The molecule has 0 saturated carbocycles. The Morgan fingerprint density at radius 3 is 2.69 bits per heavy atom. The monoisotopic (exact) mass is 497 g/mol. The zero-order valence-corrected chi connectivity index (χ0v) is 19.9. The van der Waals surface area contributed by atoms with Crippen LogP contribution in [0.2, 0.25) is 0 Å². The first kappa shape index (κ1) is 23.4. The average molecular weight is 498 g/mol. The minimum atomic E-state index is -0.754. The van der Waals surface area contributed by atoms with Gasteiger partial charge < -0.3 is 15.4 Å². The minimum Gasteiger partial charge on any atom is -0.502 e. The molecule has 35 heavy (non-hydrogen) atoms. The molecule has 0 aliphatic carbocycles. The van der Waals surface area contributed by atoms with Crippen LogP contribution < -0.4 is 10.9 Å². The fourth-order valence-electron chi connectivity index (χ4n) is 4.75. The summed E-state index contributed by atoms with van der Waals surface area (Å²) in [5.41, 5.74) is 5.23. The third kappa shape index (κ3) is 4.40. The molecule has 1 amide bonds. The number of nitrogens with zero attached hydrogens (tertiary/aromatic N) is 2. The molecule has 1 fully saturated rings. The van der Waals surface area contributed by atoms with E-state index in [2.05, 4.69) is 12.3 Å². The van der Waals surface area contributed by atoms with Crippen molar-refractivity contribution in [1.82, 2.24) is 9.58 Å². The first-order chi connectivity index (χ1) is 16.8. The summed E-state index contributed by atoms with van der Waals surface area (Å²) in [6.07, 6.45) is 4.05. The van der Waals surface area contributed by atoms with Crippen molar-refractivity contribution in [1.29, 1.82) is 0 Å². The van der Waals surface area contributed by atoms with Gasteiger partial charge in [-0.3, -0.25) is 14.3 Å². The fourth-order valence-corrected chi connectivity index (χ4v) is 5.86. The second-order valence-electron chi connectivity index (χ2n) is 9.10. The number of fused-ring (bicyclic) bond motifs is 4. The molecule has 4 heterocycles. The number of piperidine rings is 1. The van der Waals surface area contributed by atoms with E-state index in [4.69, 9.17) is 0 Å². The third-order valence-electron chi connectivity index (χ3n) is 6.66. The van der Waals surface area contributed by atoms with Crippen molar-refractivity contribution < 1.29 is 18.7 Å². The number of aromatic hydroxyl groups is 1. The van der Waals surface area contributed by atoms with Crippen LogP contribution in [0.25, 0.3) is 0 Å². The summed E-state index contributed by atoms with van der Waals surface area (Å²) in [5.74, 6) is -1.27. The number of halogens is 2. The normalized spacial score (nSPS) is 20.2. The van der Waals surface area contributed by atoms with Gasteiger partial charge in [0.15, 0.2) is 23.1 Å². The van der Waals surface area contributed by atoms with Gasteiger partial charge in [-0.1, -0.05) is 31.2 Å². The number of nitrogens with one attached hydrogen (secondary N) is 1. The largest absolute Gasteiger partial charge is 0.502 e. The number of hydrogen-bond acceptors (Lipinski definition) is 5. The summed E-state index contributed by atoms with van der Waals surface area (Å²) in [4.78, 5) is 26.6. The SMILES string of the molecule is C[C@H]1CC[C@H]2Nn3ccc(=O)c(O)c3C(=O)N2C1.Fc1ccc2c(c1F)CSc1ccccc1C2. The van der Waals surface area contributed by atoms with Gasteiger partial charge in [0, 0.05) is 35.0 Å². The Kier molecular flexibility index (Phi) is 6.27. The molecule has 1 saturated heterocycles. The third-order valence-corrected chi connectivity index (χ3v) is 7.80. The molecule has 9 heteroatoms. The Morgan fingerprint density at radius 2 is 1.86 bits per heavy atom. The van der Waals surface area contributed by atoms with Crippen molar-refractivity contribution in [3.63, 3.8) is 0 Å². The van der Waals surface area contributed by atoms with Crippen LogP contribution in [0.3, 0.4) is 0 Å². The maximum Gasteiger partial charge on any atom is 0.278 e. The summed E-state index contributed by atoms with van der Waals surface area (Å²) < 4.78 is 28.3. The lowest BCUT2D eigenvalue weighted by Crippen LogP contribution is -2.57. The van der Waals surface area contributed by atoms with Gasteiger partial charge in [0.05, 0.1) is 0 Å². The molecule has 3 aliphatic rings. The Bertz CT molecular complexity index is 1360. The fraction of sp³-hybridized carbons (Fsp3) is 0.308. The molecule has 0 bridgehead atoms. The van der Waals surface area contributed by atoms with E-state index < -0.39 is 22.8 Å². The highest BCUT2D eigenvalue weighted by molar-refractivity contribution is 7.98. The van der Waals surface area contributed by atoms with E-state index >= 15 is 0 Å². The number of carbonyl (C=O) groups excluding carboxylic acids is 1. The van der Waals surface area contributed by atoms with Gasteiger partial charge in [0.25, 0.3) is 5.91 Å². The molecule has 2 N–H and O–H groups in total. The van der Waals surface area contributed by atoms with Crippen LogP contribution in [0.4, 0.5) is 8.78 Å². The first-order valence-electron chi connectivity index (χ1n) is 11.5. The van der Waals surface area contributed by atoms with Gasteiger partial charge in [0.2, 0.25) is 5.43 Å². The molecule has 2 atom stereocenters. The predicted molar refractivity (Wildman–Crippen MR) is 130 cm³/mol. The number of hydrogen-bond donors (Lipinski definition) is 2. The molecule has 0 radical (unpaired) electrons. The minimum absolute atomic E-state index is 0.0350. The Balaban J connectivity index is 0.000000145. The van der Waals surface area contributed by atoms with E-state index in [9.17, 15) is 23.5 Å². The summed E-state index contributed by atoms with van der Waals surface area (Å²) in [6, 6.07) is 12.2. The van der Waals surface area contributed by atoms with Crippen LogP contribution in [-0.4, -0.2) is 33.3 Å². The van der Waals surface area contributed by atoms with E-state index in [0.717, 1.165) is 23.3 Å². The predicted octanol–water partition coefficient (Wildman–Crippen LogP) is 4.47. The number of carbonyl (C=O) groups is 1. The van der Waals surface area contributed by atoms with Gasteiger partial charge in [-0.2, -0.15) is 0 Å². The van der Waals surface area contributed by atoms with E-state index in [0.29, 0.717) is 30.2 Å². The molecule has 6 nitrogen and oxygen atoms in total. The zero-order valence-electron chi connectivity index (χ0n) is 19.1. The molecular formula is C26H25F2N3O3S. The van der Waals surface area contributed by atoms with E-state index in [-0.39, 0.29) is 17.8 Å². The number of rotatable bonds is 0. The van der Waals surface area contributed by atoms with E-state index in [1.54, 1.807) is 22.7 Å². The van der Waals surface area contributed by atoms with Crippen LogP contribution >= 0.6 is 11.8 Å². The highest BCUT2D eigenvalue weighted by Gasteiger charge is 2.37. The lowest BCUT2D eigenvalue weighted by molar-refractivity contribution is 0.0503. The molecule has 3 aromatic rings. The maximum atomic E-state index is 13.7. The van der Waals surface area contributed by atoms with Crippen molar-refractivity contribution in [2.45, 2.75) is 43.0 Å². The Hall–Kier alpha value is -3.33. The number of pyridine rings is 1. The van der Waals surface area contributed by atoms with Crippen LogP contribution in [-0.2, 0) is 12.2 Å². The molecular weight excluding hydrogens is 472 g/mol. The second-order valence-corrected chi connectivity index (χ2v) is 10.1. The molecule has 6 rings (SSSR count). The molecule has 0 unspecified atom stereocenters. The smallest absolute Gasteiger partial charge is 0.278 e. The number of amides is 1. The van der Waals surface area contributed by atoms with Gasteiger partial charge >= 0.3 is 0 Å². The molecule has 182 valence electrons. The standard InChI is InChI=1S/C14H10F2S.C12H15N3O3/c15-12-6-5-9-7-10-3-1-2-4-13(10)17-8-11(9)14(12)16;1-7-2-3-9-13-15-5-4-8(16)11(17)10(15)12(18)14(9)6-7/h1-6H,7-8H2;4-5,7,9,13,17H,2-3,6H2,1H3/t;7-,9-/m.0/s1. The number of aromatic nitrogens is 1. The Morgan fingerprint density at radius 1 is 1.06 bits per heavy atom. The van der Waals surface area contributed by atoms with Gasteiger partial charge in [-0.25, -0.2) is 8.78 Å². The maximum absolute atomic E-state index is 13.7. The van der Waals surface area contributed by atoms with Crippen molar-refractivity contribution in [2.75, 3.05) is 12.0 Å². The Labute approximate surface area is 205 Å². The molecule has 0 spiro atoms. The molecule has 1 aromatic heterocycles. The van der Waals surface area contributed by atoms with Crippen LogP contribution in [0.5, 0.6) is 5.75 Å². The second kappa shape index (κ2) is 9.37. The van der Waals surface area contributed by atoms with Crippen molar-refractivity contribution >= 4 is 17.7 Å². The highest BCUT2D eigenvalue weighted by Crippen LogP contribution is 2.35. The lowest BCUT2D eigenvalue weighted by Gasteiger charge is -2.43. The zero-order chi connectivity index (χ0) is 24.7. The van der Waals surface area contributed by atoms with Gasteiger partial charge in [-0.15, -0.1) is 11.8 Å². The van der Waals surface area contributed by atoms with Crippen LogP contribution in [0.1, 0.15) is 46.9 Å². The highest BCUT2D eigenvalue weighted by atomic mass is 32.2. The quantitative estimate of drug-likeness (QED) is 0.480. The summed E-state index contributed by atoms with van der Waals surface area (Å²) in [5, 5.41) is 9.75. The van der Waals surface area contributed by atoms with Crippen LogP contribution in [0.15, 0.2) is 58.4 Å². The summed E-state index contributed by atoms with van der Waals surface area (Å²) in [7, 11) is 0. The van der Waals surface area contributed by atoms with E-state index in [1.165, 1.54) is 28.6 Å². The summed E-state index contributed by atoms with van der Waals surface area (Å²) in [6.45, 7) is 2.75. The van der Waals surface area contributed by atoms with Crippen molar-refractivity contribution in [3.8, 4) is 5.75 Å². The molecule has 2 aromatic carbocycles. The van der Waals surface area contributed by atoms with Crippen LogP contribution in [0, 0.1) is 17.6 Å². The van der Waals surface area contributed by atoms with Crippen molar-refractivity contribution in [3.05, 3.63) is 92.9 Å². The first-order valence-corrected chi connectivity index (χ1v) is 12.5. The number of benzene rings is 2. The number of thioether (sulfide) groups is 1. The average Bonchev–Trinajstić information content (AvgIpc) is 3.04.